The summed E-state index contributed by atoms with van der Waals surface area (Å²) in [6.45, 7) is 0.755. The molecule has 0 saturated carbocycles. The Labute approximate surface area is 85.7 Å². The first-order valence-electron chi connectivity index (χ1n) is 4.58. The van der Waals surface area contributed by atoms with Crippen LogP contribution in [0.1, 0.15) is 17.9 Å². The first kappa shape index (κ1) is 11.9. The van der Waals surface area contributed by atoms with Crippen molar-refractivity contribution in [1.29, 1.82) is 0 Å². The van der Waals surface area contributed by atoms with Gasteiger partial charge >= 0.3 is 6.18 Å². The normalized spacial score (nSPS) is 11.7. The maximum Gasteiger partial charge on any atom is 0.451 e. The molecule has 0 aromatic carbocycles. The van der Waals surface area contributed by atoms with Crippen molar-refractivity contribution in [3.05, 3.63) is 23.8 Å². The van der Waals surface area contributed by atoms with Gasteiger partial charge < -0.3 is 5.32 Å². The van der Waals surface area contributed by atoms with Crippen LogP contribution < -0.4 is 5.32 Å². The van der Waals surface area contributed by atoms with Crippen LogP contribution >= 0.6 is 0 Å². The summed E-state index contributed by atoms with van der Waals surface area (Å²) in [7, 11) is 1.79. The molecule has 6 heteroatoms. The summed E-state index contributed by atoms with van der Waals surface area (Å²) in [6, 6.07) is 1.50. The van der Waals surface area contributed by atoms with E-state index in [1.807, 2.05) is 0 Å². The van der Waals surface area contributed by atoms with E-state index < -0.39 is 12.0 Å². The Morgan fingerprint density at radius 3 is 2.73 bits per heavy atom. The Balaban J connectivity index is 2.66. The molecule has 1 N–H and O–H groups in total. The van der Waals surface area contributed by atoms with Gasteiger partial charge in [0.15, 0.2) is 0 Å². The molecular formula is C9H12F3N3. The van der Waals surface area contributed by atoms with E-state index in [1.54, 1.807) is 7.05 Å². The number of nitrogens with zero attached hydrogens (tertiary/aromatic N) is 2. The Kier molecular flexibility index (Phi) is 4.02. The molecule has 0 bridgehead atoms. The molecule has 3 nitrogen and oxygen atoms in total. The molecule has 15 heavy (non-hydrogen) atoms. The molecule has 0 saturated heterocycles. The van der Waals surface area contributed by atoms with E-state index in [0.717, 1.165) is 19.2 Å². The molecule has 0 amide bonds. The molecule has 84 valence electrons. The van der Waals surface area contributed by atoms with E-state index in [2.05, 4.69) is 15.3 Å². The van der Waals surface area contributed by atoms with Gasteiger partial charge in [0, 0.05) is 11.9 Å². The molecule has 0 aliphatic heterocycles. The fourth-order valence-corrected chi connectivity index (χ4v) is 1.12. The second-order valence-corrected chi connectivity index (χ2v) is 3.08. The van der Waals surface area contributed by atoms with E-state index in [4.69, 9.17) is 0 Å². The molecule has 1 aromatic rings. The topological polar surface area (TPSA) is 37.8 Å². The minimum atomic E-state index is -4.46. The number of aryl methyl sites for hydroxylation is 1. The first-order chi connectivity index (χ1) is 7.04. The van der Waals surface area contributed by atoms with Gasteiger partial charge in [-0.05, 0) is 32.5 Å². The number of hydrogen-bond acceptors (Lipinski definition) is 3. The maximum absolute atomic E-state index is 12.2. The smallest absolute Gasteiger partial charge is 0.320 e. The minimum Gasteiger partial charge on any atom is -0.320 e. The molecule has 1 aromatic heterocycles. The number of aromatic nitrogens is 2. The van der Waals surface area contributed by atoms with E-state index in [-0.39, 0.29) is 0 Å². The lowest BCUT2D eigenvalue weighted by Gasteiger charge is -2.06. The van der Waals surface area contributed by atoms with Crippen LogP contribution in [-0.2, 0) is 12.6 Å². The second kappa shape index (κ2) is 5.06. The van der Waals surface area contributed by atoms with Crippen LogP contribution in [-0.4, -0.2) is 23.6 Å². The largest absolute Gasteiger partial charge is 0.451 e. The predicted molar refractivity (Wildman–Crippen MR) is 49.3 cm³/mol. The molecule has 0 unspecified atom stereocenters. The van der Waals surface area contributed by atoms with E-state index >= 15 is 0 Å². The fourth-order valence-electron chi connectivity index (χ4n) is 1.12. The molecule has 1 rings (SSSR count). The summed E-state index contributed by atoms with van der Waals surface area (Å²) in [6.07, 6.45) is -2.04. The summed E-state index contributed by atoms with van der Waals surface area (Å²) in [5.74, 6) is -1.07. The summed E-state index contributed by atoms with van der Waals surface area (Å²) in [5.41, 5.74) is 0.424. The number of hydrogen-bond donors (Lipinski definition) is 1. The van der Waals surface area contributed by atoms with Crippen molar-refractivity contribution in [1.82, 2.24) is 15.3 Å². The van der Waals surface area contributed by atoms with Crippen molar-refractivity contribution in [3.63, 3.8) is 0 Å². The zero-order chi connectivity index (χ0) is 11.3. The standard InChI is InChI=1S/C9H12F3N3/c1-13-5-2-3-7-4-6-14-8(15-7)9(10,11)12/h4,6,13H,2-3,5H2,1H3. The van der Waals surface area contributed by atoms with Gasteiger partial charge in [0.05, 0.1) is 0 Å². The predicted octanol–water partition coefficient (Wildman–Crippen LogP) is 1.65. The van der Waals surface area contributed by atoms with Crippen molar-refractivity contribution < 1.29 is 13.2 Å². The van der Waals surface area contributed by atoms with Gasteiger partial charge in [-0.1, -0.05) is 0 Å². The molecular weight excluding hydrogens is 207 g/mol. The Bertz CT molecular complexity index is 312. The average molecular weight is 219 g/mol. The number of alkyl halides is 3. The van der Waals surface area contributed by atoms with Crippen LogP contribution in [0.2, 0.25) is 0 Å². The third-order valence-corrected chi connectivity index (χ3v) is 1.83. The molecule has 0 aliphatic rings. The molecule has 0 fully saturated rings. The minimum absolute atomic E-state index is 0.424. The van der Waals surface area contributed by atoms with Crippen molar-refractivity contribution in [2.45, 2.75) is 19.0 Å². The highest BCUT2D eigenvalue weighted by molar-refractivity contribution is 5.04. The number of halogens is 3. The lowest BCUT2D eigenvalue weighted by molar-refractivity contribution is -0.145. The molecule has 0 atom stereocenters. The van der Waals surface area contributed by atoms with Crippen LogP contribution in [0.3, 0.4) is 0 Å². The molecule has 0 aliphatic carbocycles. The fraction of sp³-hybridized carbons (Fsp3) is 0.556. The molecule has 1 heterocycles. The zero-order valence-electron chi connectivity index (χ0n) is 8.30. The van der Waals surface area contributed by atoms with Crippen molar-refractivity contribution in [2.24, 2.45) is 0 Å². The lowest BCUT2D eigenvalue weighted by atomic mass is 10.2. The van der Waals surface area contributed by atoms with Gasteiger partial charge in [-0.2, -0.15) is 13.2 Å². The quantitative estimate of drug-likeness (QED) is 0.782. The highest BCUT2D eigenvalue weighted by atomic mass is 19.4. The van der Waals surface area contributed by atoms with Gasteiger partial charge in [0.25, 0.3) is 0 Å². The Hall–Kier alpha value is -1.17. The van der Waals surface area contributed by atoms with Crippen molar-refractivity contribution in [2.75, 3.05) is 13.6 Å². The number of rotatable bonds is 4. The van der Waals surface area contributed by atoms with Gasteiger partial charge in [-0.25, -0.2) is 9.97 Å². The van der Waals surface area contributed by atoms with Gasteiger partial charge in [0.2, 0.25) is 5.82 Å². The monoisotopic (exact) mass is 219 g/mol. The van der Waals surface area contributed by atoms with Gasteiger partial charge in [-0.3, -0.25) is 0 Å². The highest BCUT2D eigenvalue weighted by Crippen LogP contribution is 2.25. The second-order valence-electron chi connectivity index (χ2n) is 3.08. The molecule has 0 spiro atoms. The Morgan fingerprint density at radius 1 is 1.40 bits per heavy atom. The number of nitrogens with one attached hydrogen (secondary N) is 1. The van der Waals surface area contributed by atoms with Crippen LogP contribution in [0.15, 0.2) is 12.3 Å². The van der Waals surface area contributed by atoms with E-state index in [9.17, 15) is 13.2 Å². The summed E-state index contributed by atoms with van der Waals surface area (Å²) in [5, 5.41) is 2.92. The van der Waals surface area contributed by atoms with Crippen LogP contribution in [0, 0.1) is 0 Å². The lowest BCUT2D eigenvalue weighted by Crippen LogP contribution is -2.13. The average Bonchev–Trinajstić information content (AvgIpc) is 2.17. The summed E-state index contributed by atoms with van der Waals surface area (Å²) < 4.78 is 36.7. The van der Waals surface area contributed by atoms with Crippen LogP contribution in [0.25, 0.3) is 0 Å². The van der Waals surface area contributed by atoms with Crippen LogP contribution in [0.4, 0.5) is 13.2 Å². The Morgan fingerprint density at radius 2 is 2.13 bits per heavy atom. The van der Waals surface area contributed by atoms with E-state index in [1.165, 1.54) is 6.07 Å². The van der Waals surface area contributed by atoms with Crippen molar-refractivity contribution in [3.8, 4) is 0 Å². The summed E-state index contributed by atoms with van der Waals surface area (Å²) >= 11 is 0. The highest BCUT2D eigenvalue weighted by Gasteiger charge is 2.34. The van der Waals surface area contributed by atoms with Crippen LogP contribution in [0.5, 0.6) is 0 Å². The third kappa shape index (κ3) is 3.83. The maximum atomic E-state index is 12.2. The molecule has 0 radical (unpaired) electrons. The van der Waals surface area contributed by atoms with Crippen molar-refractivity contribution >= 4 is 0 Å². The third-order valence-electron chi connectivity index (χ3n) is 1.83. The van der Waals surface area contributed by atoms with E-state index in [0.29, 0.717) is 12.1 Å². The summed E-state index contributed by atoms with van der Waals surface area (Å²) in [4.78, 5) is 6.64. The SMILES string of the molecule is CNCCCc1ccnc(C(F)(F)F)n1. The first-order valence-corrected chi connectivity index (χ1v) is 4.58. The van der Waals surface area contributed by atoms with Gasteiger partial charge in [0.1, 0.15) is 0 Å². The van der Waals surface area contributed by atoms with Gasteiger partial charge in [-0.15, -0.1) is 0 Å². The zero-order valence-corrected chi connectivity index (χ0v) is 8.30.